The van der Waals surface area contributed by atoms with E-state index in [1.54, 1.807) is 0 Å². The number of benzene rings is 1. The van der Waals surface area contributed by atoms with E-state index in [1.165, 1.54) is 0 Å². The lowest BCUT2D eigenvalue weighted by molar-refractivity contribution is -0.137. The van der Waals surface area contributed by atoms with E-state index in [0.29, 0.717) is 6.07 Å². The molecule has 0 bridgehead atoms. The van der Waals surface area contributed by atoms with Crippen LogP contribution in [0.1, 0.15) is 21.5 Å². The average Bonchev–Trinajstić information content (AvgIpc) is 2.40. The molecule has 20 heavy (non-hydrogen) atoms. The summed E-state index contributed by atoms with van der Waals surface area (Å²) in [5, 5.41) is 0. The summed E-state index contributed by atoms with van der Waals surface area (Å²) in [6.07, 6.45) is -2.96. The first-order chi connectivity index (χ1) is 9.30. The second kappa shape index (κ2) is 4.92. The van der Waals surface area contributed by atoms with Gasteiger partial charge in [0.05, 0.1) is 16.8 Å². The van der Waals surface area contributed by atoms with Crippen molar-refractivity contribution in [3.05, 3.63) is 59.2 Å². The minimum atomic E-state index is -4.69. The van der Waals surface area contributed by atoms with Gasteiger partial charge in [0.25, 0.3) is 0 Å². The van der Waals surface area contributed by atoms with Crippen molar-refractivity contribution in [1.29, 1.82) is 0 Å². The first-order valence-corrected chi connectivity index (χ1v) is 5.41. The predicted molar refractivity (Wildman–Crippen MR) is 63.5 cm³/mol. The Morgan fingerprint density at radius 3 is 2.50 bits per heavy atom. The van der Waals surface area contributed by atoms with Gasteiger partial charge >= 0.3 is 6.18 Å². The van der Waals surface area contributed by atoms with Gasteiger partial charge in [0.1, 0.15) is 5.82 Å². The standard InChI is InChI=1S/C13H8F4N2O/c14-10-5-7(1-2-11(10)18)12(20)8-6-19-4-3-9(8)13(15,16)17/h1-6H,18H2. The Hall–Kier alpha value is -2.44. The number of carbonyl (C=O) groups is 1. The first-order valence-electron chi connectivity index (χ1n) is 5.41. The zero-order chi connectivity index (χ0) is 14.9. The van der Waals surface area contributed by atoms with Gasteiger partial charge in [-0.25, -0.2) is 4.39 Å². The molecule has 0 spiro atoms. The Morgan fingerprint density at radius 2 is 1.90 bits per heavy atom. The molecular formula is C13H8F4N2O. The molecule has 2 aromatic rings. The molecule has 0 aliphatic heterocycles. The van der Waals surface area contributed by atoms with E-state index < -0.39 is 28.9 Å². The second-order valence-corrected chi connectivity index (χ2v) is 3.98. The van der Waals surface area contributed by atoms with Crippen LogP contribution in [0, 0.1) is 5.82 Å². The molecule has 1 heterocycles. The van der Waals surface area contributed by atoms with Gasteiger partial charge in [-0.05, 0) is 24.3 Å². The van der Waals surface area contributed by atoms with Crippen molar-refractivity contribution < 1.29 is 22.4 Å². The number of ketones is 1. The summed E-state index contributed by atoms with van der Waals surface area (Å²) in [6.45, 7) is 0. The molecular weight excluding hydrogens is 276 g/mol. The zero-order valence-electron chi connectivity index (χ0n) is 9.91. The van der Waals surface area contributed by atoms with Crippen LogP contribution < -0.4 is 5.73 Å². The predicted octanol–water partition coefficient (Wildman–Crippen LogP) is 3.05. The third-order valence-corrected chi connectivity index (χ3v) is 2.63. The SMILES string of the molecule is Nc1ccc(C(=O)c2cnccc2C(F)(F)F)cc1F. The molecule has 1 aromatic heterocycles. The van der Waals surface area contributed by atoms with Crippen LogP contribution in [0.3, 0.4) is 0 Å². The molecule has 0 radical (unpaired) electrons. The minimum Gasteiger partial charge on any atom is -0.396 e. The number of rotatable bonds is 2. The maximum atomic E-state index is 13.3. The number of hydrogen-bond donors (Lipinski definition) is 1. The summed E-state index contributed by atoms with van der Waals surface area (Å²) in [5.41, 5.74) is 3.08. The number of nitrogen functional groups attached to an aromatic ring is 1. The lowest BCUT2D eigenvalue weighted by atomic mass is 10.00. The zero-order valence-corrected chi connectivity index (χ0v) is 9.91. The van der Waals surface area contributed by atoms with Crippen molar-refractivity contribution in [2.24, 2.45) is 0 Å². The van der Waals surface area contributed by atoms with Crippen LogP contribution in [0.5, 0.6) is 0 Å². The highest BCUT2D eigenvalue weighted by molar-refractivity contribution is 6.10. The van der Waals surface area contributed by atoms with Crippen molar-refractivity contribution in [2.45, 2.75) is 6.18 Å². The number of aromatic nitrogens is 1. The monoisotopic (exact) mass is 284 g/mol. The van der Waals surface area contributed by atoms with Crippen LogP contribution >= 0.6 is 0 Å². The molecule has 104 valence electrons. The van der Waals surface area contributed by atoms with Crippen LogP contribution in [0.25, 0.3) is 0 Å². The van der Waals surface area contributed by atoms with E-state index in [1.807, 2.05) is 0 Å². The van der Waals surface area contributed by atoms with Crippen molar-refractivity contribution in [3.8, 4) is 0 Å². The molecule has 0 aliphatic carbocycles. The van der Waals surface area contributed by atoms with Crippen molar-refractivity contribution >= 4 is 11.5 Å². The normalized spacial score (nSPS) is 11.4. The van der Waals surface area contributed by atoms with Gasteiger partial charge in [-0.15, -0.1) is 0 Å². The van der Waals surface area contributed by atoms with Gasteiger partial charge in [0, 0.05) is 18.0 Å². The molecule has 0 atom stereocenters. The smallest absolute Gasteiger partial charge is 0.396 e. The van der Waals surface area contributed by atoms with Crippen LogP contribution in [0.15, 0.2) is 36.7 Å². The second-order valence-electron chi connectivity index (χ2n) is 3.98. The van der Waals surface area contributed by atoms with Gasteiger partial charge in [-0.3, -0.25) is 9.78 Å². The van der Waals surface area contributed by atoms with Crippen molar-refractivity contribution in [1.82, 2.24) is 4.98 Å². The number of anilines is 1. The number of pyridine rings is 1. The molecule has 0 fully saturated rings. The highest BCUT2D eigenvalue weighted by Crippen LogP contribution is 2.32. The molecule has 0 saturated carbocycles. The van der Waals surface area contributed by atoms with Gasteiger partial charge < -0.3 is 5.73 Å². The maximum absolute atomic E-state index is 13.3. The highest BCUT2D eigenvalue weighted by Gasteiger charge is 2.35. The Balaban J connectivity index is 2.51. The van der Waals surface area contributed by atoms with E-state index in [0.717, 1.165) is 30.6 Å². The molecule has 3 nitrogen and oxygen atoms in total. The molecule has 7 heteroatoms. The van der Waals surface area contributed by atoms with E-state index in [4.69, 9.17) is 5.73 Å². The summed E-state index contributed by atoms with van der Waals surface area (Å²) >= 11 is 0. The Labute approximate surface area is 111 Å². The quantitative estimate of drug-likeness (QED) is 0.524. The van der Waals surface area contributed by atoms with Gasteiger partial charge in [0.2, 0.25) is 0 Å². The minimum absolute atomic E-state index is 0.191. The van der Waals surface area contributed by atoms with Crippen LogP contribution in [0.2, 0.25) is 0 Å². The first kappa shape index (κ1) is 14.0. The fraction of sp³-hybridized carbons (Fsp3) is 0.0769. The number of nitrogens with two attached hydrogens (primary N) is 1. The summed E-state index contributed by atoms with van der Waals surface area (Å²) in [7, 11) is 0. The number of carbonyl (C=O) groups excluding carboxylic acids is 1. The lowest BCUT2D eigenvalue weighted by Gasteiger charge is -2.11. The highest BCUT2D eigenvalue weighted by atomic mass is 19.4. The average molecular weight is 284 g/mol. The van der Waals surface area contributed by atoms with Gasteiger partial charge in [-0.1, -0.05) is 0 Å². The molecule has 0 amide bonds. The molecule has 0 unspecified atom stereocenters. The number of halogens is 4. The molecule has 1 aromatic carbocycles. The van der Waals surface area contributed by atoms with E-state index >= 15 is 0 Å². The van der Waals surface area contributed by atoms with Gasteiger partial charge in [-0.2, -0.15) is 13.2 Å². The maximum Gasteiger partial charge on any atom is 0.417 e. The van der Waals surface area contributed by atoms with E-state index in [9.17, 15) is 22.4 Å². The molecule has 2 N–H and O–H groups in total. The topological polar surface area (TPSA) is 56.0 Å². The lowest BCUT2D eigenvalue weighted by Crippen LogP contribution is -2.14. The number of nitrogens with zero attached hydrogens (tertiary/aromatic N) is 1. The van der Waals surface area contributed by atoms with Crippen LogP contribution in [0.4, 0.5) is 23.2 Å². The Kier molecular flexibility index (Phi) is 3.44. The van der Waals surface area contributed by atoms with Crippen LogP contribution in [-0.2, 0) is 6.18 Å². The van der Waals surface area contributed by atoms with E-state index in [-0.39, 0.29) is 11.3 Å². The fourth-order valence-corrected chi connectivity index (χ4v) is 1.65. The largest absolute Gasteiger partial charge is 0.417 e. The molecule has 0 aliphatic rings. The molecule has 2 rings (SSSR count). The van der Waals surface area contributed by atoms with E-state index in [2.05, 4.69) is 4.98 Å². The number of alkyl halides is 3. The fourth-order valence-electron chi connectivity index (χ4n) is 1.65. The summed E-state index contributed by atoms with van der Waals surface area (Å²) in [6, 6.07) is 3.77. The molecule has 0 saturated heterocycles. The summed E-state index contributed by atoms with van der Waals surface area (Å²) < 4.78 is 51.7. The van der Waals surface area contributed by atoms with Crippen molar-refractivity contribution in [2.75, 3.05) is 5.73 Å². The Morgan fingerprint density at radius 1 is 1.20 bits per heavy atom. The van der Waals surface area contributed by atoms with Crippen molar-refractivity contribution in [3.63, 3.8) is 0 Å². The third-order valence-electron chi connectivity index (χ3n) is 2.63. The number of hydrogen-bond acceptors (Lipinski definition) is 3. The van der Waals surface area contributed by atoms with Crippen LogP contribution in [-0.4, -0.2) is 10.8 Å². The summed E-state index contributed by atoms with van der Waals surface area (Å²) in [5.74, 6) is -1.84. The Bertz CT molecular complexity index is 668. The van der Waals surface area contributed by atoms with Gasteiger partial charge in [0.15, 0.2) is 5.78 Å². The third kappa shape index (κ3) is 2.61. The summed E-state index contributed by atoms with van der Waals surface area (Å²) in [4.78, 5) is 15.5.